The van der Waals surface area contributed by atoms with Crippen molar-refractivity contribution in [1.29, 1.82) is 0 Å². The fraction of sp³-hybridized carbons (Fsp3) is 0. The minimum absolute atomic E-state index is 0.829. The lowest BCUT2D eigenvalue weighted by molar-refractivity contribution is 0.971. The largest absolute Gasteiger partial charge is 0.433 e. The standard InChI is InChI=1S/C6H4N3S/c1-2-4-9(3-1)6-5-10-8-7-6/h1-3,5H/q-1. The molecule has 0 N–H and O–H groups in total. The smallest absolute Gasteiger partial charge is 0.0888 e. The van der Waals surface area contributed by atoms with Crippen molar-refractivity contribution in [2.24, 2.45) is 0 Å². The lowest BCUT2D eigenvalue weighted by atomic mass is 10.7. The van der Waals surface area contributed by atoms with Crippen LogP contribution in [0, 0.1) is 6.20 Å². The van der Waals surface area contributed by atoms with Crippen molar-refractivity contribution in [3.05, 3.63) is 29.9 Å². The molecule has 2 rings (SSSR count). The zero-order valence-corrected chi connectivity index (χ0v) is 5.88. The molecule has 10 heavy (non-hydrogen) atoms. The third kappa shape index (κ3) is 0.823. The van der Waals surface area contributed by atoms with Crippen LogP contribution in [0.1, 0.15) is 0 Å². The Hall–Kier alpha value is -1.16. The van der Waals surface area contributed by atoms with Gasteiger partial charge in [-0.3, -0.25) is 0 Å². The molecule has 50 valence electrons. The number of aromatic nitrogens is 3. The van der Waals surface area contributed by atoms with E-state index in [1.54, 1.807) is 4.57 Å². The average Bonchev–Trinajstić information content (AvgIpc) is 2.59. The maximum absolute atomic E-state index is 3.86. The Morgan fingerprint density at radius 2 is 2.60 bits per heavy atom. The zero-order valence-electron chi connectivity index (χ0n) is 5.06. The van der Waals surface area contributed by atoms with Crippen molar-refractivity contribution in [2.75, 3.05) is 0 Å². The van der Waals surface area contributed by atoms with Gasteiger partial charge >= 0.3 is 0 Å². The second kappa shape index (κ2) is 2.22. The van der Waals surface area contributed by atoms with Gasteiger partial charge in [-0.05, 0) is 11.5 Å². The van der Waals surface area contributed by atoms with Crippen LogP contribution >= 0.6 is 11.5 Å². The summed E-state index contributed by atoms with van der Waals surface area (Å²) < 4.78 is 5.52. The van der Waals surface area contributed by atoms with Gasteiger partial charge in [-0.2, -0.15) is 11.2 Å². The highest BCUT2D eigenvalue weighted by Crippen LogP contribution is 2.03. The van der Waals surface area contributed by atoms with Crippen molar-refractivity contribution in [3.63, 3.8) is 0 Å². The highest BCUT2D eigenvalue weighted by Gasteiger charge is 1.86. The maximum atomic E-state index is 3.86. The molecule has 0 atom stereocenters. The van der Waals surface area contributed by atoms with Gasteiger partial charge in [0.2, 0.25) is 0 Å². The zero-order chi connectivity index (χ0) is 6.81. The summed E-state index contributed by atoms with van der Waals surface area (Å²) in [6.07, 6.45) is 4.85. The molecule has 0 unspecified atom stereocenters. The van der Waals surface area contributed by atoms with Gasteiger partial charge in [-0.25, -0.2) is 0 Å². The number of hydrogen-bond acceptors (Lipinski definition) is 3. The minimum atomic E-state index is 0.829. The van der Waals surface area contributed by atoms with E-state index >= 15 is 0 Å². The Morgan fingerprint density at radius 1 is 1.60 bits per heavy atom. The van der Waals surface area contributed by atoms with Crippen LogP contribution in [-0.4, -0.2) is 14.2 Å². The second-order valence-electron chi connectivity index (χ2n) is 1.77. The van der Waals surface area contributed by atoms with Gasteiger partial charge in [0.05, 0.1) is 5.82 Å². The van der Waals surface area contributed by atoms with Crippen molar-refractivity contribution in [2.45, 2.75) is 0 Å². The van der Waals surface area contributed by atoms with Crippen LogP contribution in [0.25, 0.3) is 5.82 Å². The first-order chi connectivity index (χ1) is 4.97. The fourth-order valence-corrected chi connectivity index (χ4v) is 1.14. The maximum Gasteiger partial charge on any atom is 0.0888 e. The normalized spacial score (nSPS) is 10.0. The van der Waals surface area contributed by atoms with E-state index in [0.717, 1.165) is 5.82 Å². The van der Waals surface area contributed by atoms with Crippen LogP contribution in [0.4, 0.5) is 0 Å². The van der Waals surface area contributed by atoms with Crippen molar-refractivity contribution in [3.8, 4) is 5.82 Å². The van der Waals surface area contributed by atoms with Crippen LogP contribution in [0.15, 0.2) is 23.7 Å². The quantitative estimate of drug-likeness (QED) is 0.570. The third-order valence-electron chi connectivity index (χ3n) is 1.14. The summed E-state index contributed by atoms with van der Waals surface area (Å²) >= 11 is 1.34. The molecule has 0 saturated heterocycles. The van der Waals surface area contributed by atoms with Crippen molar-refractivity contribution >= 4 is 11.5 Å². The molecule has 0 aliphatic rings. The summed E-state index contributed by atoms with van der Waals surface area (Å²) in [4.78, 5) is 0. The van der Waals surface area contributed by atoms with E-state index < -0.39 is 0 Å². The van der Waals surface area contributed by atoms with Gasteiger partial charge < -0.3 is 4.57 Å². The van der Waals surface area contributed by atoms with Gasteiger partial charge in [-0.15, -0.1) is 12.3 Å². The molecule has 2 aromatic heterocycles. The topological polar surface area (TPSA) is 30.7 Å². The van der Waals surface area contributed by atoms with Crippen LogP contribution < -0.4 is 0 Å². The van der Waals surface area contributed by atoms with E-state index in [2.05, 4.69) is 15.8 Å². The Kier molecular flexibility index (Phi) is 1.25. The van der Waals surface area contributed by atoms with Gasteiger partial charge in [-0.1, -0.05) is 10.7 Å². The molecule has 2 aromatic rings. The molecular formula is C6H4N3S-. The Labute approximate surface area is 62.1 Å². The summed E-state index contributed by atoms with van der Waals surface area (Å²) in [5.74, 6) is 0.829. The molecule has 2 heterocycles. The molecule has 3 nitrogen and oxygen atoms in total. The first kappa shape index (κ1) is 5.61. The summed E-state index contributed by atoms with van der Waals surface area (Å²) in [6, 6.07) is 3.73. The summed E-state index contributed by atoms with van der Waals surface area (Å²) in [5.41, 5.74) is 0. The molecule has 0 spiro atoms. The number of nitrogens with zero attached hydrogens (tertiary/aromatic N) is 3. The Morgan fingerprint density at radius 3 is 3.20 bits per heavy atom. The molecule has 0 amide bonds. The number of hydrogen-bond donors (Lipinski definition) is 0. The predicted molar refractivity (Wildman–Crippen MR) is 38.1 cm³/mol. The molecule has 0 fully saturated rings. The SMILES string of the molecule is [c-]1cccn1-c1csnn1. The van der Waals surface area contributed by atoms with Gasteiger partial charge in [0.25, 0.3) is 0 Å². The lowest BCUT2D eigenvalue weighted by Crippen LogP contribution is -1.88. The van der Waals surface area contributed by atoms with E-state index in [9.17, 15) is 0 Å². The molecule has 0 aliphatic carbocycles. The van der Waals surface area contributed by atoms with Crippen LogP contribution in [0.2, 0.25) is 0 Å². The highest BCUT2D eigenvalue weighted by molar-refractivity contribution is 7.03. The summed E-state index contributed by atoms with van der Waals surface area (Å²) in [6.45, 7) is 0. The third-order valence-corrected chi connectivity index (χ3v) is 1.63. The lowest BCUT2D eigenvalue weighted by Gasteiger charge is -2.00. The van der Waals surface area contributed by atoms with Gasteiger partial charge in [0.15, 0.2) is 0 Å². The molecule has 0 aliphatic heterocycles. The molecule has 0 radical (unpaired) electrons. The average molecular weight is 150 g/mol. The van der Waals surface area contributed by atoms with E-state index in [4.69, 9.17) is 0 Å². The van der Waals surface area contributed by atoms with Crippen molar-refractivity contribution < 1.29 is 0 Å². The van der Waals surface area contributed by atoms with E-state index in [-0.39, 0.29) is 0 Å². The molecular weight excluding hydrogens is 146 g/mol. The molecule has 4 heteroatoms. The van der Waals surface area contributed by atoms with E-state index in [1.807, 2.05) is 23.7 Å². The minimum Gasteiger partial charge on any atom is -0.433 e. The van der Waals surface area contributed by atoms with Gasteiger partial charge in [0.1, 0.15) is 0 Å². The molecule has 0 saturated carbocycles. The highest BCUT2D eigenvalue weighted by atomic mass is 32.1. The van der Waals surface area contributed by atoms with Crippen LogP contribution in [-0.2, 0) is 0 Å². The van der Waals surface area contributed by atoms with Crippen LogP contribution in [0.3, 0.4) is 0 Å². The Balaban J connectivity index is 2.48. The van der Waals surface area contributed by atoms with Gasteiger partial charge in [0, 0.05) is 5.38 Å². The number of rotatable bonds is 1. The fourth-order valence-electron chi connectivity index (χ4n) is 0.703. The summed E-state index contributed by atoms with van der Waals surface area (Å²) in [7, 11) is 0. The molecule has 0 bridgehead atoms. The van der Waals surface area contributed by atoms with E-state index in [0.29, 0.717) is 0 Å². The first-order valence-electron chi connectivity index (χ1n) is 2.79. The monoisotopic (exact) mass is 150 g/mol. The van der Waals surface area contributed by atoms with Crippen molar-refractivity contribution in [1.82, 2.24) is 14.2 Å². The first-order valence-corrected chi connectivity index (χ1v) is 3.63. The predicted octanol–water partition coefficient (Wildman–Crippen LogP) is 1.13. The van der Waals surface area contributed by atoms with E-state index in [1.165, 1.54) is 11.5 Å². The van der Waals surface area contributed by atoms with Crippen LogP contribution in [0.5, 0.6) is 0 Å². The molecule has 0 aromatic carbocycles. The second-order valence-corrected chi connectivity index (χ2v) is 2.38. The summed E-state index contributed by atoms with van der Waals surface area (Å²) in [5, 5.41) is 5.73. The Bertz CT molecular complexity index is 252.